The molecule has 3 rings (SSSR count). The van der Waals surface area contributed by atoms with Gasteiger partial charge in [-0.2, -0.15) is 0 Å². The number of hydrogen-bond donors (Lipinski definition) is 1. The molecule has 0 bridgehead atoms. The molecule has 3 heterocycles. The van der Waals surface area contributed by atoms with Crippen LogP contribution in [0.5, 0.6) is 0 Å². The van der Waals surface area contributed by atoms with Crippen molar-refractivity contribution in [3.8, 4) is 0 Å². The van der Waals surface area contributed by atoms with Crippen LogP contribution in [0.4, 0.5) is 10.6 Å². The largest absolute Gasteiger partial charge is 0.461 e. The standard InChI is InChI=1S/C23H36N6O4/c1-6-27(7-2)11-12-32-21(30)17-14-29(20-18(17)19(24)25-15-26-20)16-9-8-10-28(13-16)22(31)33-23(3,4)5/h14-16H,6-13H2,1-5H3,(H2,24,25,26)/t16-/m1/s1. The van der Waals surface area contributed by atoms with Crippen LogP contribution in [-0.2, 0) is 9.47 Å². The Balaban J connectivity index is 1.83. The summed E-state index contributed by atoms with van der Waals surface area (Å²) in [4.78, 5) is 37.9. The van der Waals surface area contributed by atoms with Gasteiger partial charge in [-0.25, -0.2) is 19.6 Å². The molecule has 1 saturated heterocycles. The normalized spacial score (nSPS) is 16.9. The number of nitrogen functional groups attached to an aromatic ring is 1. The maximum Gasteiger partial charge on any atom is 0.410 e. The Labute approximate surface area is 195 Å². The number of ether oxygens (including phenoxy) is 2. The minimum atomic E-state index is -0.562. The van der Waals surface area contributed by atoms with Crippen molar-refractivity contribution < 1.29 is 19.1 Å². The molecule has 10 heteroatoms. The van der Waals surface area contributed by atoms with Crippen molar-refractivity contribution >= 4 is 28.9 Å². The van der Waals surface area contributed by atoms with Gasteiger partial charge in [0.15, 0.2) is 0 Å². The van der Waals surface area contributed by atoms with Gasteiger partial charge in [-0.05, 0) is 46.7 Å². The van der Waals surface area contributed by atoms with Gasteiger partial charge in [0.05, 0.1) is 17.0 Å². The Bertz CT molecular complexity index is 979. The molecule has 33 heavy (non-hydrogen) atoms. The predicted molar refractivity (Wildman–Crippen MR) is 126 cm³/mol. The van der Waals surface area contributed by atoms with Crippen LogP contribution in [0, 0.1) is 0 Å². The molecule has 1 aliphatic heterocycles. The fraction of sp³-hybridized carbons (Fsp3) is 0.652. The first-order chi connectivity index (χ1) is 15.6. The van der Waals surface area contributed by atoms with E-state index in [1.165, 1.54) is 6.33 Å². The average Bonchev–Trinajstić information content (AvgIpc) is 3.17. The highest BCUT2D eigenvalue weighted by atomic mass is 16.6. The highest BCUT2D eigenvalue weighted by Gasteiger charge is 2.31. The van der Waals surface area contributed by atoms with E-state index in [-0.39, 0.29) is 24.6 Å². The summed E-state index contributed by atoms with van der Waals surface area (Å²) in [6.45, 7) is 13.5. The Morgan fingerprint density at radius 3 is 2.64 bits per heavy atom. The SMILES string of the molecule is CCN(CC)CCOC(=O)c1cn([C@@H]2CCCN(C(=O)OC(C)(C)C)C2)c2ncnc(N)c12. The number of nitrogens with zero attached hydrogens (tertiary/aromatic N) is 5. The lowest BCUT2D eigenvalue weighted by atomic mass is 10.1. The summed E-state index contributed by atoms with van der Waals surface area (Å²) in [5.74, 6) is -0.221. The molecule has 1 atom stereocenters. The number of piperidine rings is 1. The Kier molecular flexibility index (Phi) is 7.78. The third-order valence-electron chi connectivity index (χ3n) is 5.84. The van der Waals surface area contributed by atoms with Crippen molar-refractivity contribution in [2.45, 2.75) is 59.1 Å². The lowest BCUT2D eigenvalue weighted by Crippen LogP contribution is -2.43. The maximum absolute atomic E-state index is 12.9. The first-order valence-corrected chi connectivity index (χ1v) is 11.6. The highest BCUT2D eigenvalue weighted by molar-refractivity contribution is 6.07. The van der Waals surface area contributed by atoms with Gasteiger partial charge < -0.3 is 29.6 Å². The number of esters is 1. The van der Waals surface area contributed by atoms with E-state index in [4.69, 9.17) is 15.2 Å². The molecule has 2 N–H and O–H groups in total. The van der Waals surface area contributed by atoms with Crippen molar-refractivity contribution in [3.63, 3.8) is 0 Å². The molecule has 0 aliphatic carbocycles. The number of carbonyl (C=O) groups is 2. The van der Waals surface area contributed by atoms with Crippen molar-refractivity contribution in [1.29, 1.82) is 0 Å². The molecule has 2 aromatic rings. The second kappa shape index (κ2) is 10.4. The van der Waals surface area contributed by atoms with Crippen molar-refractivity contribution in [2.24, 2.45) is 0 Å². The topological polar surface area (TPSA) is 116 Å². The molecule has 0 aromatic carbocycles. The minimum absolute atomic E-state index is 0.0692. The number of anilines is 1. The second-order valence-corrected chi connectivity index (χ2v) is 9.29. The average molecular weight is 461 g/mol. The van der Waals surface area contributed by atoms with Crippen LogP contribution in [0.2, 0.25) is 0 Å². The molecular formula is C23H36N6O4. The number of fused-ring (bicyclic) bond motifs is 1. The molecule has 10 nitrogen and oxygen atoms in total. The fourth-order valence-electron chi connectivity index (χ4n) is 4.10. The van der Waals surface area contributed by atoms with E-state index < -0.39 is 11.6 Å². The van der Waals surface area contributed by atoms with Gasteiger partial charge in [-0.3, -0.25) is 0 Å². The molecular weight excluding hydrogens is 424 g/mol. The van der Waals surface area contributed by atoms with Crippen molar-refractivity contribution in [1.82, 2.24) is 24.3 Å². The third-order valence-corrected chi connectivity index (χ3v) is 5.84. The van der Waals surface area contributed by atoms with Crippen LogP contribution < -0.4 is 5.73 Å². The van der Waals surface area contributed by atoms with Crippen LogP contribution in [0.3, 0.4) is 0 Å². The zero-order valence-electron chi connectivity index (χ0n) is 20.3. The van der Waals surface area contributed by atoms with E-state index in [1.54, 1.807) is 11.1 Å². The van der Waals surface area contributed by atoms with E-state index in [0.29, 0.717) is 36.2 Å². The summed E-state index contributed by atoms with van der Waals surface area (Å²) >= 11 is 0. The van der Waals surface area contributed by atoms with Crippen LogP contribution in [0.15, 0.2) is 12.5 Å². The molecule has 0 spiro atoms. The summed E-state index contributed by atoms with van der Waals surface area (Å²) in [5.41, 5.74) is 6.48. The first kappa shape index (κ1) is 24.8. The molecule has 1 amide bonds. The molecule has 0 unspecified atom stereocenters. The van der Waals surface area contributed by atoms with E-state index >= 15 is 0 Å². The number of amides is 1. The monoisotopic (exact) mass is 460 g/mol. The summed E-state index contributed by atoms with van der Waals surface area (Å²) in [7, 11) is 0. The van der Waals surface area contributed by atoms with E-state index in [9.17, 15) is 9.59 Å². The molecule has 1 fully saturated rings. The molecule has 2 aromatic heterocycles. The van der Waals surface area contributed by atoms with Gasteiger partial charge in [-0.15, -0.1) is 0 Å². The molecule has 1 aliphatic rings. The molecule has 182 valence electrons. The van der Waals surface area contributed by atoms with Crippen molar-refractivity contribution in [3.05, 3.63) is 18.1 Å². The Morgan fingerprint density at radius 2 is 1.97 bits per heavy atom. The summed E-state index contributed by atoms with van der Waals surface area (Å²) in [6.07, 6.45) is 4.43. The van der Waals surface area contributed by atoms with Crippen LogP contribution >= 0.6 is 0 Å². The minimum Gasteiger partial charge on any atom is -0.461 e. The summed E-state index contributed by atoms with van der Waals surface area (Å²) < 4.78 is 13.0. The fourth-order valence-corrected chi connectivity index (χ4v) is 4.10. The number of hydrogen-bond acceptors (Lipinski definition) is 8. The van der Waals surface area contributed by atoms with E-state index in [2.05, 4.69) is 28.7 Å². The van der Waals surface area contributed by atoms with Gasteiger partial charge in [0.25, 0.3) is 0 Å². The highest BCUT2D eigenvalue weighted by Crippen LogP contribution is 2.31. The Hall–Kier alpha value is -2.88. The predicted octanol–water partition coefficient (Wildman–Crippen LogP) is 3.08. The zero-order valence-corrected chi connectivity index (χ0v) is 20.3. The maximum atomic E-state index is 12.9. The Morgan fingerprint density at radius 1 is 1.24 bits per heavy atom. The van der Waals surface area contributed by atoms with Gasteiger partial charge >= 0.3 is 12.1 Å². The van der Waals surface area contributed by atoms with Gasteiger partial charge in [-0.1, -0.05) is 13.8 Å². The first-order valence-electron chi connectivity index (χ1n) is 11.6. The van der Waals surface area contributed by atoms with Crippen LogP contribution in [-0.4, -0.2) is 81.3 Å². The van der Waals surface area contributed by atoms with Gasteiger partial charge in [0.2, 0.25) is 0 Å². The van der Waals surface area contributed by atoms with E-state index in [0.717, 1.165) is 25.9 Å². The lowest BCUT2D eigenvalue weighted by molar-refractivity contribution is 0.0173. The number of carbonyl (C=O) groups excluding carboxylic acids is 2. The number of likely N-dealkylation sites (N-methyl/N-ethyl adjacent to an activating group) is 1. The lowest BCUT2D eigenvalue weighted by Gasteiger charge is -2.34. The number of nitrogens with two attached hydrogens (primary N) is 1. The number of aromatic nitrogens is 3. The quantitative estimate of drug-likeness (QED) is 0.627. The summed E-state index contributed by atoms with van der Waals surface area (Å²) in [6, 6.07) is -0.0692. The molecule has 0 radical (unpaired) electrons. The molecule has 0 saturated carbocycles. The van der Waals surface area contributed by atoms with Crippen molar-refractivity contribution in [2.75, 3.05) is 45.1 Å². The third kappa shape index (κ3) is 5.93. The summed E-state index contributed by atoms with van der Waals surface area (Å²) in [5, 5.41) is 0.486. The van der Waals surface area contributed by atoms with Gasteiger partial charge in [0, 0.05) is 25.8 Å². The number of likely N-dealkylation sites (tertiary alicyclic amines) is 1. The second-order valence-electron chi connectivity index (χ2n) is 9.29. The number of rotatable bonds is 7. The van der Waals surface area contributed by atoms with Crippen LogP contribution in [0.25, 0.3) is 11.0 Å². The van der Waals surface area contributed by atoms with Gasteiger partial charge in [0.1, 0.15) is 30.0 Å². The van der Waals surface area contributed by atoms with E-state index in [1.807, 2.05) is 25.3 Å². The zero-order chi connectivity index (χ0) is 24.2. The smallest absolute Gasteiger partial charge is 0.410 e. The van der Waals surface area contributed by atoms with Crippen LogP contribution in [0.1, 0.15) is 63.9 Å².